The van der Waals surface area contributed by atoms with Gasteiger partial charge in [-0.25, -0.2) is 4.68 Å². The summed E-state index contributed by atoms with van der Waals surface area (Å²) >= 11 is 0. The Morgan fingerprint density at radius 2 is 1.90 bits per heavy atom. The molecule has 148 valence electrons. The molecule has 1 aromatic heterocycles. The van der Waals surface area contributed by atoms with Crippen molar-refractivity contribution in [3.05, 3.63) is 60.4 Å². The standard InChI is InChI=1S/C24H26N4O/c1-27(21-12-17-3-4-18(13-21)26-17)19-5-7-22-16(11-19)15-29-24-14-20(6-8-23(22)24)28-10-2-9-25-28/h2,5-11,14,17-18,21,26H,3-4,12-13,15H2,1H3/t17-,18+,21-. The van der Waals surface area contributed by atoms with Gasteiger partial charge in [0.2, 0.25) is 0 Å². The second kappa shape index (κ2) is 6.63. The lowest BCUT2D eigenvalue weighted by molar-refractivity contribution is 0.302. The molecule has 6 rings (SSSR count). The zero-order valence-electron chi connectivity index (χ0n) is 16.7. The summed E-state index contributed by atoms with van der Waals surface area (Å²) in [6.07, 6.45) is 8.92. The molecule has 5 heteroatoms. The number of piperidine rings is 1. The van der Waals surface area contributed by atoms with Crippen LogP contribution in [0.2, 0.25) is 0 Å². The maximum absolute atomic E-state index is 6.14. The van der Waals surface area contributed by atoms with E-state index in [0.717, 1.165) is 17.0 Å². The second-order valence-corrected chi connectivity index (χ2v) is 8.64. The average molecular weight is 386 g/mol. The first kappa shape index (κ1) is 17.1. The first-order valence-electron chi connectivity index (χ1n) is 10.6. The molecule has 3 aliphatic rings. The number of hydrogen-bond acceptors (Lipinski definition) is 4. The molecule has 2 bridgehead atoms. The summed E-state index contributed by atoms with van der Waals surface area (Å²) < 4.78 is 8.01. The van der Waals surface area contributed by atoms with Gasteiger partial charge < -0.3 is 15.0 Å². The number of ether oxygens (including phenoxy) is 1. The Labute approximate surface area is 171 Å². The number of anilines is 1. The van der Waals surface area contributed by atoms with Crippen molar-refractivity contribution in [1.29, 1.82) is 0 Å². The molecular formula is C24H26N4O. The van der Waals surface area contributed by atoms with Crippen molar-refractivity contribution in [2.45, 2.75) is 50.4 Å². The van der Waals surface area contributed by atoms with Crippen LogP contribution in [-0.4, -0.2) is 35.0 Å². The molecule has 0 unspecified atom stereocenters. The lowest BCUT2D eigenvalue weighted by atomic mass is 9.94. The van der Waals surface area contributed by atoms with Crippen molar-refractivity contribution >= 4 is 5.69 Å². The lowest BCUT2D eigenvalue weighted by Gasteiger charge is -2.37. The van der Waals surface area contributed by atoms with Crippen LogP contribution in [0.5, 0.6) is 5.75 Å². The summed E-state index contributed by atoms with van der Waals surface area (Å²) in [5.74, 6) is 0.932. The fourth-order valence-corrected chi connectivity index (χ4v) is 5.31. The molecule has 4 heterocycles. The topological polar surface area (TPSA) is 42.3 Å². The quantitative estimate of drug-likeness (QED) is 0.734. The van der Waals surface area contributed by atoms with E-state index in [4.69, 9.17) is 4.74 Å². The highest BCUT2D eigenvalue weighted by atomic mass is 16.5. The van der Waals surface area contributed by atoms with Crippen molar-refractivity contribution in [2.75, 3.05) is 11.9 Å². The average Bonchev–Trinajstić information content (AvgIpc) is 3.42. The molecule has 5 nitrogen and oxygen atoms in total. The van der Waals surface area contributed by atoms with Crippen LogP contribution < -0.4 is 15.0 Å². The number of hydrogen-bond donors (Lipinski definition) is 1. The smallest absolute Gasteiger partial charge is 0.129 e. The number of nitrogens with zero attached hydrogens (tertiary/aromatic N) is 3. The molecule has 3 atom stereocenters. The third-order valence-corrected chi connectivity index (χ3v) is 6.90. The molecule has 0 spiro atoms. The summed E-state index contributed by atoms with van der Waals surface area (Å²) in [4.78, 5) is 2.49. The maximum atomic E-state index is 6.14. The summed E-state index contributed by atoms with van der Waals surface area (Å²) in [5.41, 5.74) is 6.03. The highest BCUT2D eigenvalue weighted by molar-refractivity contribution is 5.78. The van der Waals surface area contributed by atoms with Crippen LogP contribution in [0.3, 0.4) is 0 Å². The van der Waals surface area contributed by atoms with E-state index in [0.29, 0.717) is 24.7 Å². The minimum Gasteiger partial charge on any atom is -0.488 e. The van der Waals surface area contributed by atoms with Crippen LogP contribution in [0.15, 0.2) is 54.9 Å². The summed E-state index contributed by atoms with van der Waals surface area (Å²) in [6, 6.07) is 17.2. The third kappa shape index (κ3) is 2.92. The highest BCUT2D eigenvalue weighted by Crippen LogP contribution is 2.40. The molecule has 2 saturated heterocycles. The SMILES string of the molecule is CN(c1ccc2c(c1)COc1cc(-n3cccn3)ccc1-2)[C@@H]1C[C@H]2CC[C@@H](C1)N2. The van der Waals surface area contributed by atoms with E-state index in [1.165, 1.54) is 42.5 Å². The Morgan fingerprint density at radius 1 is 1.07 bits per heavy atom. The fraction of sp³-hybridized carbons (Fsp3) is 0.375. The Bertz CT molecular complexity index is 1030. The summed E-state index contributed by atoms with van der Waals surface area (Å²) in [7, 11) is 2.26. The van der Waals surface area contributed by atoms with Crippen LogP contribution in [0.1, 0.15) is 31.2 Å². The predicted molar refractivity (Wildman–Crippen MR) is 115 cm³/mol. The van der Waals surface area contributed by atoms with Crippen molar-refractivity contribution in [3.8, 4) is 22.6 Å². The first-order valence-corrected chi connectivity index (χ1v) is 10.6. The minimum atomic E-state index is 0.615. The van der Waals surface area contributed by atoms with E-state index >= 15 is 0 Å². The zero-order chi connectivity index (χ0) is 19.4. The predicted octanol–water partition coefficient (Wildman–Crippen LogP) is 4.15. The fourth-order valence-electron chi connectivity index (χ4n) is 5.31. The van der Waals surface area contributed by atoms with Crippen molar-refractivity contribution in [3.63, 3.8) is 0 Å². The Morgan fingerprint density at radius 3 is 2.69 bits per heavy atom. The number of rotatable bonds is 3. The van der Waals surface area contributed by atoms with E-state index < -0.39 is 0 Å². The van der Waals surface area contributed by atoms with Gasteiger partial charge in [-0.3, -0.25) is 0 Å². The van der Waals surface area contributed by atoms with E-state index in [-0.39, 0.29) is 0 Å². The number of fused-ring (bicyclic) bond motifs is 5. The van der Waals surface area contributed by atoms with Crippen LogP contribution in [0, 0.1) is 0 Å². The van der Waals surface area contributed by atoms with Crippen LogP contribution in [0.25, 0.3) is 16.8 Å². The molecular weight excluding hydrogens is 360 g/mol. The van der Waals surface area contributed by atoms with Gasteiger partial charge >= 0.3 is 0 Å². The molecule has 2 fully saturated rings. The van der Waals surface area contributed by atoms with Gasteiger partial charge in [0, 0.05) is 54.9 Å². The van der Waals surface area contributed by atoms with Crippen molar-refractivity contribution in [2.24, 2.45) is 0 Å². The molecule has 1 N–H and O–H groups in total. The van der Waals surface area contributed by atoms with Gasteiger partial charge in [-0.15, -0.1) is 0 Å². The van der Waals surface area contributed by atoms with Gasteiger partial charge in [-0.2, -0.15) is 5.10 Å². The van der Waals surface area contributed by atoms with Crippen LogP contribution in [0.4, 0.5) is 5.69 Å². The van der Waals surface area contributed by atoms with Crippen molar-refractivity contribution in [1.82, 2.24) is 15.1 Å². The minimum absolute atomic E-state index is 0.615. The monoisotopic (exact) mass is 386 g/mol. The Kier molecular flexibility index (Phi) is 3.91. The van der Waals surface area contributed by atoms with Gasteiger partial charge in [-0.05, 0) is 67.1 Å². The van der Waals surface area contributed by atoms with Crippen LogP contribution >= 0.6 is 0 Å². The molecule has 3 aromatic rings. The number of nitrogens with one attached hydrogen (secondary N) is 1. The number of aromatic nitrogens is 2. The summed E-state index contributed by atoms with van der Waals surface area (Å²) in [5, 5.41) is 8.07. The molecule has 0 radical (unpaired) electrons. The molecule has 0 saturated carbocycles. The molecule has 2 aromatic carbocycles. The summed E-state index contributed by atoms with van der Waals surface area (Å²) in [6.45, 7) is 0.615. The van der Waals surface area contributed by atoms with E-state index in [2.05, 4.69) is 58.8 Å². The van der Waals surface area contributed by atoms with Crippen LogP contribution in [-0.2, 0) is 6.61 Å². The van der Waals surface area contributed by atoms with Gasteiger partial charge in [0.15, 0.2) is 0 Å². The van der Waals surface area contributed by atoms with Gasteiger partial charge in [0.1, 0.15) is 12.4 Å². The first-order chi connectivity index (χ1) is 14.2. The largest absolute Gasteiger partial charge is 0.488 e. The lowest BCUT2D eigenvalue weighted by Crippen LogP contribution is -2.47. The molecule has 0 amide bonds. The zero-order valence-corrected chi connectivity index (χ0v) is 16.7. The normalized spacial score (nSPS) is 24.5. The number of benzene rings is 2. The van der Waals surface area contributed by atoms with Gasteiger partial charge in [0.25, 0.3) is 0 Å². The van der Waals surface area contributed by atoms with Gasteiger partial charge in [0.05, 0.1) is 5.69 Å². The van der Waals surface area contributed by atoms with E-state index in [1.807, 2.05) is 16.9 Å². The molecule has 0 aliphatic carbocycles. The van der Waals surface area contributed by atoms with Crippen molar-refractivity contribution < 1.29 is 4.74 Å². The third-order valence-electron chi connectivity index (χ3n) is 6.90. The Balaban J connectivity index is 1.29. The maximum Gasteiger partial charge on any atom is 0.129 e. The molecule has 29 heavy (non-hydrogen) atoms. The second-order valence-electron chi connectivity index (χ2n) is 8.64. The van der Waals surface area contributed by atoms with E-state index in [1.54, 1.807) is 6.20 Å². The van der Waals surface area contributed by atoms with E-state index in [9.17, 15) is 0 Å². The molecule has 3 aliphatic heterocycles. The highest BCUT2D eigenvalue weighted by Gasteiger charge is 2.35. The Hall–Kier alpha value is -2.79. The van der Waals surface area contributed by atoms with Gasteiger partial charge in [-0.1, -0.05) is 6.07 Å².